The Morgan fingerprint density at radius 3 is 1.21 bits per heavy atom. The van der Waals surface area contributed by atoms with Gasteiger partial charge in [0.15, 0.2) is 6.39 Å². The summed E-state index contributed by atoms with van der Waals surface area (Å²) in [6.07, 6.45) is 62.7. The Labute approximate surface area is 778 Å². The van der Waals surface area contributed by atoms with Crippen molar-refractivity contribution in [1.29, 1.82) is 0 Å². The lowest BCUT2D eigenvalue weighted by Crippen LogP contribution is -1.78. The number of aromatic amines is 6. The first-order valence-electron chi connectivity index (χ1n) is 38.5. The van der Waals surface area contributed by atoms with E-state index in [1.807, 2.05) is 192 Å². The van der Waals surface area contributed by atoms with E-state index in [9.17, 15) is 0 Å². The van der Waals surface area contributed by atoms with E-state index in [1.165, 1.54) is 86.2 Å². The maximum absolute atomic E-state index is 4.58. The fourth-order valence-electron chi connectivity index (χ4n) is 7.95. The fourth-order valence-corrected chi connectivity index (χ4v) is 11.7. The largest absolute Gasteiger partial charge is 0.473 e. The topological polar surface area (TPSA) is 431 Å². The van der Waals surface area contributed by atoms with E-state index in [1.54, 1.807) is 248 Å². The number of hydrogen-bond donors (Lipinski definition) is 6. The molecular weight excluding hydrogens is 1760 g/mol. The van der Waals surface area contributed by atoms with Gasteiger partial charge in [-0.15, -0.1) is 45.3 Å². The zero-order chi connectivity index (χ0) is 91.3. The van der Waals surface area contributed by atoms with Gasteiger partial charge in [0.1, 0.15) is 37.8 Å². The van der Waals surface area contributed by atoms with Crippen LogP contribution in [0, 0.1) is 0 Å². The number of thiazole rings is 1. The Hall–Kier alpha value is -17.2. The number of nitrogens with zero attached hydrogens (tertiary/aromatic N) is 23. The van der Waals surface area contributed by atoms with E-state index in [4.69, 9.17) is 0 Å². The number of imidazole rings is 2. The van der Waals surface area contributed by atoms with E-state index in [0.29, 0.717) is 0 Å². The van der Waals surface area contributed by atoms with E-state index in [2.05, 4.69) is 235 Å². The quantitative estimate of drug-likeness (QED) is 0.0821. The van der Waals surface area contributed by atoms with E-state index < -0.39 is 0 Å². The highest BCUT2D eigenvalue weighted by molar-refractivity contribution is 7.25. The summed E-state index contributed by atoms with van der Waals surface area (Å²) in [6, 6.07) is 72.7. The molecule has 0 atom stereocenters. The van der Waals surface area contributed by atoms with Crippen LogP contribution in [0.4, 0.5) is 0 Å². The van der Waals surface area contributed by atoms with Crippen LogP contribution >= 0.6 is 68.2 Å². The van der Waals surface area contributed by atoms with Gasteiger partial charge in [-0.3, -0.25) is 35.0 Å². The first kappa shape index (κ1) is 103. The molecule has 0 aliphatic heterocycles. The molecule has 22 aromatic heterocycles. The van der Waals surface area contributed by atoms with Crippen molar-refractivity contribution in [2.45, 2.75) is 0 Å². The lowest BCUT2D eigenvalue weighted by atomic mass is 10.3. The van der Waals surface area contributed by atoms with Crippen LogP contribution < -0.4 is 0 Å². The Balaban J connectivity index is 0.000000213. The number of benzene rings is 4. The summed E-state index contributed by atoms with van der Waals surface area (Å²) in [7, 11) is 0. The van der Waals surface area contributed by atoms with Gasteiger partial charge in [-0.05, 0) is 195 Å². The normalized spacial score (nSPS) is 8.76. The standard InChI is InChI=1S/C8H6N2.C8H7N.C8H6S.C7H6N2.C6H4S2.C5H5N.4C4H4N2.C4H5N.C4H4O.C4H4S.C3H3N3.2C3H4N2.2C3H3NO.2C3H3NS.C2H3N3/c1-2-4-8-7(3-1)9-5-6-10-8;2*1-2-4-8-7(3-1)5-6-9-8;1-2-4-7-6(3-1)8-5-9-7;1-3-7-6-2-4-8-5(1)6;1-2-4-6-5-3-1;1-2-6-4-3-5-1;1-2-5-4-6-3-1;2*1-2-4-6-5-3-1;3*1-2-4-5-3-1;1-4-2-6-3-5-1;1-2-5-3-4-1;1-2-4-5-3-1;1-2-5-3-4-1;1-2-4-5-3-1;1-2-5-3-4-1;2*1-2-4-5-3-1/h1-6H;1-6,9H;1-6H;1-5H,(H,8,9);1-4H;1-5H;4*1-4H;1-5H;2*1-4H;1-3H;2*1-3H,(H,4,5);4*1-3H;1-2H,(H,3,4,5). The SMILES string of the molecule is c1c[nH]cn1.c1cc2sccc2s1.c1cc[nH]c1.c1ccc2[nH]ccc2c1.c1ccc2[nH]cnc2c1.c1ccc2nccnc2c1.c1ccc2sccc2c1.c1ccncc1.c1ccnnc1.c1ccnnc1.c1ccoc1.c1ccsc1.c1cn[nH]c1.c1cn[nH]n1.c1cnccn1.c1cncnc1.c1cnoc1.c1cnsc1.c1cocn1.c1cscn1.c1ncncn1. The first-order valence-corrected chi connectivity index (χ1v) is 43.8. The second-order valence-electron chi connectivity index (χ2n) is 22.4. The first-order chi connectivity index (χ1) is 65.3. The molecule has 0 saturated carbocycles. The van der Waals surface area contributed by atoms with Gasteiger partial charge in [-0.1, -0.05) is 84.0 Å². The summed E-state index contributed by atoms with van der Waals surface area (Å²) in [5.74, 6) is 0. The molecule has 6 N–H and O–H groups in total. The van der Waals surface area contributed by atoms with Gasteiger partial charge in [0.25, 0.3) is 0 Å². The van der Waals surface area contributed by atoms with E-state index in [-0.39, 0.29) is 0 Å². The zero-order valence-corrected chi connectivity index (χ0v) is 74.8. The molecule has 0 radical (unpaired) electrons. The van der Waals surface area contributed by atoms with Crippen LogP contribution in [0.2, 0.25) is 0 Å². The maximum atomic E-state index is 4.58. The number of pyridine rings is 1. The molecule has 131 heavy (non-hydrogen) atoms. The summed E-state index contributed by atoms with van der Waals surface area (Å²) in [5.41, 5.74) is 7.02. The van der Waals surface area contributed by atoms with Gasteiger partial charge < -0.3 is 33.3 Å². The monoisotopic (exact) mass is 1850 g/mol. The number of thiophene rings is 4. The minimum Gasteiger partial charge on any atom is -0.473 e. The molecule has 0 aliphatic carbocycles. The molecule has 4 aromatic carbocycles. The number of hydrogen-bond acceptors (Lipinski definition) is 32. The Kier molecular flexibility index (Phi) is 61.7. The molecule has 0 amide bonds. The third-order valence-corrected chi connectivity index (χ3v) is 17.8. The highest BCUT2D eigenvalue weighted by Crippen LogP contribution is 2.25. The molecule has 0 bridgehead atoms. The van der Waals surface area contributed by atoms with Gasteiger partial charge in [-0.2, -0.15) is 52.2 Å². The average Bonchev–Trinajstić information content (AvgIpc) is 1.78. The van der Waals surface area contributed by atoms with E-state index >= 15 is 0 Å². The summed E-state index contributed by atoms with van der Waals surface area (Å²) >= 11 is 10.2. The van der Waals surface area contributed by atoms with Crippen LogP contribution in [-0.4, -0.2) is 145 Å². The lowest BCUT2D eigenvalue weighted by molar-refractivity contribution is 0.420. The fraction of sp³-hybridized carbons (Fsp3) is 0. The summed E-state index contributed by atoms with van der Waals surface area (Å²) < 4.78 is 21.3. The number of oxazole rings is 1. The minimum atomic E-state index is 0.949. The van der Waals surface area contributed by atoms with Crippen molar-refractivity contribution < 1.29 is 13.4 Å². The smallest absolute Gasteiger partial charge is 0.180 e. The average molecular weight is 1850 g/mol. The van der Waals surface area contributed by atoms with Crippen LogP contribution in [0.1, 0.15) is 0 Å². The van der Waals surface area contributed by atoms with Gasteiger partial charge in [0.05, 0.1) is 77.5 Å². The maximum Gasteiger partial charge on any atom is 0.180 e. The number of rotatable bonds is 0. The van der Waals surface area contributed by atoms with Crippen molar-refractivity contribution in [2.24, 2.45) is 0 Å². The molecule has 38 heteroatoms. The van der Waals surface area contributed by atoms with Gasteiger partial charge in [0.2, 0.25) is 0 Å². The van der Waals surface area contributed by atoms with Gasteiger partial charge >= 0.3 is 0 Å². The summed E-state index contributed by atoms with van der Waals surface area (Å²) in [4.78, 5) is 64.3. The number of aromatic nitrogens is 29. The number of nitrogens with one attached hydrogen (secondary N) is 6. The van der Waals surface area contributed by atoms with Crippen LogP contribution in [-0.2, 0) is 0 Å². The Morgan fingerprint density at radius 2 is 0.863 bits per heavy atom. The number of H-pyrrole nitrogens is 6. The van der Waals surface area contributed by atoms with Crippen LogP contribution in [0.15, 0.2) is 518 Å². The van der Waals surface area contributed by atoms with Crippen molar-refractivity contribution >= 4 is 121 Å². The predicted molar refractivity (Wildman–Crippen MR) is 522 cm³/mol. The van der Waals surface area contributed by atoms with Crippen molar-refractivity contribution in [3.05, 3.63) is 504 Å². The van der Waals surface area contributed by atoms with Crippen LogP contribution in [0.3, 0.4) is 0 Å². The highest BCUT2D eigenvalue weighted by Gasteiger charge is 1.93. The molecule has 0 fully saturated rings. The third-order valence-electron chi connectivity index (χ3n) is 13.4. The van der Waals surface area contributed by atoms with Gasteiger partial charge in [-0.25, -0.2) is 44.2 Å². The second-order valence-corrected chi connectivity index (χ2v) is 27.5. The molecule has 660 valence electrons. The van der Waals surface area contributed by atoms with Crippen LogP contribution in [0.5, 0.6) is 0 Å². The molecule has 0 saturated heterocycles. The Morgan fingerprint density at radius 1 is 0.267 bits per heavy atom. The Bertz CT molecular complexity index is 4960. The van der Waals surface area contributed by atoms with Crippen molar-refractivity contribution in [1.82, 2.24) is 145 Å². The van der Waals surface area contributed by atoms with Crippen molar-refractivity contribution in [3.8, 4) is 0 Å². The molecule has 26 aromatic rings. The minimum absolute atomic E-state index is 0.949. The number of furan rings is 1. The van der Waals surface area contributed by atoms with Crippen molar-refractivity contribution in [3.63, 3.8) is 0 Å². The lowest BCUT2D eigenvalue weighted by Gasteiger charge is -1.90. The predicted octanol–water partition coefficient (Wildman–Crippen LogP) is 22.4. The third kappa shape index (κ3) is 58.6. The van der Waals surface area contributed by atoms with Crippen molar-refractivity contribution in [2.75, 3.05) is 0 Å². The highest BCUT2D eigenvalue weighted by atomic mass is 32.1. The molecule has 26 rings (SSSR count). The number of para-hydroxylation sites is 5. The molecule has 0 aliphatic rings. The zero-order valence-electron chi connectivity index (χ0n) is 69.9. The van der Waals surface area contributed by atoms with Crippen LogP contribution in [0.25, 0.3) is 52.5 Å². The van der Waals surface area contributed by atoms with E-state index in [0.717, 1.165) is 22.1 Å². The molecule has 0 spiro atoms. The molecule has 0 unspecified atom stereocenters. The summed E-state index contributed by atoms with van der Waals surface area (Å²) in [5, 5.41) is 50.0. The summed E-state index contributed by atoms with van der Waals surface area (Å²) in [6.45, 7) is 0. The molecule has 32 nitrogen and oxygen atoms in total. The number of fused-ring (bicyclic) bond motifs is 5. The molecular formula is C93H89N29O3S6. The van der Waals surface area contributed by atoms with Gasteiger partial charge in [0, 0.05) is 173 Å². The second kappa shape index (κ2) is 78.8. The molecule has 22 heterocycles.